The third kappa shape index (κ3) is 5.99. The molecule has 0 bridgehead atoms. The Morgan fingerprint density at radius 2 is 1.75 bits per heavy atom. The highest BCUT2D eigenvalue weighted by molar-refractivity contribution is 14.0. The molecule has 1 aliphatic rings. The Kier molecular flexibility index (Phi) is 9.53. The summed E-state index contributed by atoms with van der Waals surface area (Å²) < 4.78 is 0. The van der Waals surface area contributed by atoms with E-state index in [-0.39, 0.29) is 35.3 Å². The van der Waals surface area contributed by atoms with Gasteiger partial charge in [-0.1, -0.05) is 25.0 Å². The lowest BCUT2D eigenvalue weighted by atomic mass is 9.84. The minimum absolute atomic E-state index is 0. The van der Waals surface area contributed by atoms with Crippen LogP contribution in [0, 0.1) is 19.3 Å². The van der Waals surface area contributed by atoms with E-state index in [2.05, 4.69) is 15.6 Å². The zero-order chi connectivity index (χ0) is 20.0. The van der Waals surface area contributed by atoms with Crippen LogP contribution in [0.5, 0.6) is 5.75 Å². The number of guanidine groups is 1. The molecule has 0 saturated heterocycles. The van der Waals surface area contributed by atoms with Gasteiger partial charge in [0.25, 0.3) is 0 Å². The molecule has 1 amide bonds. The Morgan fingerprint density at radius 1 is 1.18 bits per heavy atom. The van der Waals surface area contributed by atoms with Crippen LogP contribution in [0.2, 0.25) is 0 Å². The van der Waals surface area contributed by atoms with Gasteiger partial charge in [0.05, 0.1) is 12.0 Å². The van der Waals surface area contributed by atoms with Crippen molar-refractivity contribution >= 4 is 35.8 Å². The second-order valence-electron chi connectivity index (χ2n) is 7.81. The van der Waals surface area contributed by atoms with Crippen LogP contribution >= 0.6 is 24.0 Å². The highest BCUT2D eigenvalue weighted by Gasteiger charge is 2.42. The Hall–Kier alpha value is -1.51. The van der Waals surface area contributed by atoms with E-state index in [1.807, 2.05) is 47.0 Å². The van der Waals surface area contributed by atoms with Crippen LogP contribution in [0.15, 0.2) is 17.1 Å². The van der Waals surface area contributed by atoms with Crippen LogP contribution in [0.4, 0.5) is 0 Å². The Balaban J connectivity index is 0.00000392. The van der Waals surface area contributed by atoms with Gasteiger partial charge >= 0.3 is 0 Å². The van der Waals surface area contributed by atoms with Gasteiger partial charge in [-0.15, -0.1) is 24.0 Å². The number of amides is 1. The number of aliphatic imine (C=N–C) groups is 1. The number of aryl methyl sites for hydroxylation is 2. The Bertz CT molecular complexity index is 675. The van der Waals surface area contributed by atoms with Crippen LogP contribution in [0.25, 0.3) is 0 Å². The standard InChI is InChI=1S/C21H34N4O2.HI/c1-6-22-20(23-13-17-11-15(2)18(26)16(3)12-17)24-14-21(9-7-8-10-21)19(27)25(4)5;/h11-12,26H,6-10,13-14H2,1-5H3,(H2,22,23,24);1H. The maximum Gasteiger partial charge on any atom is 0.230 e. The first-order chi connectivity index (χ1) is 12.8. The molecule has 0 atom stereocenters. The van der Waals surface area contributed by atoms with E-state index in [0.29, 0.717) is 18.8 Å². The van der Waals surface area contributed by atoms with Gasteiger partial charge in [-0.25, -0.2) is 4.99 Å². The summed E-state index contributed by atoms with van der Waals surface area (Å²) in [5.41, 5.74) is 2.45. The number of carbonyl (C=O) groups excluding carboxylic acids is 1. The van der Waals surface area contributed by atoms with Crippen LogP contribution in [-0.4, -0.2) is 49.1 Å². The summed E-state index contributed by atoms with van der Waals surface area (Å²) in [6.07, 6.45) is 4.04. The highest BCUT2D eigenvalue weighted by Crippen LogP contribution is 2.38. The number of phenolic OH excluding ortho intramolecular Hbond substituents is 1. The number of nitrogens with zero attached hydrogens (tertiary/aromatic N) is 2. The second-order valence-corrected chi connectivity index (χ2v) is 7.81. The van der Waals surface area contributed by atoms with E-state index in [9.17, 15) is 9.90 Å². The van der Waals surface area contributed by atoms with Gasteiger partial charge in [0.2, 0.25) is 5.91 Å². The normalized spacial score (nSPS) is 15.7. The molecule has 7 heteroatoms. The number of aromatic hydroxyl groups is 1. The van der Waals surface area contributed by atoms with Crippen molar-refractivity contribution in [2.75, 3.05) is 27.2 Å². The van der Waals surface area contributed by atoms with E-state index >= 15 is 0 Å². The van der Waals surface area contributed by atoms with Gasteiger partial charge in [0.1, 0.15) is 5.75 Å². The van der Waals surface area contributed by atoms with Crippen LogP contribution < -0.4 is 10.6 Å². The van der Waals surface area contributed by atoms with Gasteiger partial charge in [0, 0.05) is 27.2 Å². The topological polar surface area (TPSA) is 77.0 Å². The average molecular weight is 502 g/mol. The van der Waals surface area contributed by atoms with Gasteiger partial charge in [-0.05, 0) is 50.3 Å². The molecule has 2 rings (SSSR count). The van der Waals surface area contributed by atoms with E-state index in [0.717, 1.165) is 54.9 Å². The summed E-state index contributed by atoms with van der Waals surface area (Å²) in [5.74, 6) is 1.27. The molecule has 0 radical (unpaired) electrons. The molecular weight excluding hydrogens is 467 g/mol. The molecule has 6 nitrogen and oxygen atoms in total. The van der Waals surface area contributed by atoms with Gasteiger partial charge in [-0.3, -0.25) is 4.79 Å². The quantitative estimate of drug-likeness (QED) is 0.317. The monoisotopic (exact) mass is 502 g/mol. The zero-order valence-corrected chi connectivity index (χ0v) is 20.1. The number of carbonyl (C=O) groups is 1. The molecule has 1 fully saturated rings. The summed E-state index contributed by atoms with van der Waals surface area (Å²) in [5, 5.41) is 16.6. The summed E-state index contributed by atoms with van der Waals surface area (Å²) >= 11 is 0. The van der Waals surface area contributed by atoms with Crippen molar-refractivity contribution in [1.82, 2.24) is 15.5 Å². The molecule has 1 aromatic carbocycles. The van der Waals surface area contributed by atoms with Gasteiger partial charge < -0.3 is 20.6 Å². The molecule has 1 aliphatic carbocycles. The van der Waals surface area contributed by atoms with E-state index in [1.165, 1.54) is 0 Å². The number of benzene rings is 1. The van der Waals surface area contributed by atoms with Crippen LogP contribution in [0.1, 0.15) is 49.3 Å². The molecule has 0 heterocycles. The fourth-order valence-corrected chi connectivity index (χ4v) is 3.89. The third-order valence-corrected chi connectivity index (χ3v) is 5.33. The molecule has 1 aromatic rings. The molecule has 0 spiro atoms. The maximum absolute atomic E-state index is 12.7. The van der Waals surface area contributed by atoms with E-state index in [4.69, 9.17) is 0 Å². The first-order valence-electron chi connectivity index (χ1n) is 9.82. The fourth-order valence-electron chi connectivity index (χ4n) is 3.89. The number of hydrogen-bond donors (Lipinski definition) is 3. The molecule has 0 aromatic heterocycles. The first-order valence-corrected chi connectivity index (χ1v) is 9.82. The number of phenols is 1. The minimum Gasteiger partial charge on any atom is -0.507 e. The lowest BCUT2D eigenvalue weighted by Gasteiger charge is -2.31. The van der Waals surface area contributed by atoms with Crippen molar-refractivity contribution in [1.29, 1.82) is 0 Å². The van der Waals surface area contributed by atoms with Crippen molar-refractivity contribution < 1.29 is 9.90 Å². The predicted octanol–water partition coefficient (Wildman–Crippen LogP) is 3.33. The summed E-state index contributed by atoms with van der Waals surface area (Å²) in [6, 6.07) is 3.92. The zero-order valence-electron chi connectivity index (χ0n) is 17.8. The summed E-state index contributed by atoms with van der Waals surface area (Å²) in [6.45, 7) is 7.71. The lowest BCUT2D eigenvalue weighted by Crippen LogP contribution is -2.49. The third-order valence-electron chi connectivity index (χ3n) is 5.33. The number of rotatable bonds is 6. The Labute approximate surface area is 186 Å². The number of hydrogen-bond acceptors (Lipinski definition) is 3. The predicted molar refractivity (Wildman–Crippen MR) is 125 cm³/mol. The molecule has 0 aliphatic heterocycles. The summed E-state index contributed by atoms with van der Waals surface area (Å²) in [4.78, 5) is 19.1. The minimum atomic E-state index is -0.328. The van der Waals surface area contributed by atoms with Crippen molar-refractivity contribution in [3.05, 3.63) is 28.8 Å². The molecule has 28 heavy (non-hydrogen) atoms. The molecule has 3 N–H and O–H groups in total. The number of nitrogens with one attached hydrogen (secondary N) is 2. The molecule has 0 unspecified atom stereocenters. The SMILES string of the molecule is CCNC(=NCc1cc(C)c(O)c(C)c1)NCC1(C(=O)N(C)C)CCCC1.I. The lowest BCUT2D eigenvalue weighted by molar-refractivity contribution is -0.138. The smallest absolute Gasteiger partial charge is 0.230 e. The van der Waals surface area contributed by atoms with Gasteiger partial charge in [0.15, 0.2) is 5.96 Å². The van der Waals surface area contributed by atoms with Crippen molar-refractivity contribution in [3.63, 3.8) is 0 Å². The molecule has 158 valence electrons. The van der Waals surface area contributed by atoms with Crippen molar-refractivity contribution in [2.24, 2.45) is 10.4 Å². The molecular formula is C21H35IN4O2. The van der Waals surface area contributed by atoms with Gasteiger partial charge in [-0.2, -0.15) is 0 Å². The van der Waals surface area contributed by atoms with E-state index in [1.54, 1.807) is 4.90 Å². The summed E-state index contributed by atoms with van der Waals surface area (Å²) in [7, 11) is 3.66. The fraction of sp³-hybridized carbons (Fsp3) is 0.619. The first kappa shape index (κ1) is 24.5. The Morgan fingerprint density at radius 3 is 2.25 bits per heavy atom. The highest BCUT2D eigenvalue weighted by atomic mass is 127. The van der Waals surface area contributed by atoms with Crippen LogP contribution in [-0.2, 0) is 11.3 Å². The van der Waals surface area contributed by atoms with Crippen molar-refractivity contribution in [3.8, 4) is 5.75 Å². The number of halogens is 1. The maximum atomic E-state index is 12.7. The second kappa shape index (κ2) is 10.9. The van der Waals surface area contributed by atoms with Crippen LogP contribution in [0.3, 0.4) is 0 Å². The van der Waals surface area contributed by atoms with Crippen molar-refractivity contribution in [2.45, 2.75) is 53.0 Å². The largest absolute Gasteiger partial charge is 0.507 e. The van der Waals surface area contributed by atoms with E-state index < -0.39 is 0 Å². The average Bonchev–Trinajstić information content (AvgIpc) is 3.11. The molecule has 1 saturated carbocycles.